The molecule has 0 bridgehead atoms. The van der Waals surface area contributed by atoms with Gasteiger partial charge in [-0.25, -0.2) is 8.42 Å². The van der Waals surface area contributed by atoms with Crippen LogP contribution in [0.25, 0.3) is 0 Å². The minimum atomic E-state index is -4.01. The second-order valence-corrected chi connectivity index (χ2v) is 6.17. The first-order valence-electron chi connectivity index (χ1n) is 6.65. The molecule has 0 radical (unpaired) electrons. The molecule has 6 heteroatoms. The molecule has 0 amide bonds. The molecule has 0 aromatic heterocycles. The molecule has 4 nitrogen and oxygen atoms in total. The molecule has 0 spiro atoms. The van der Waals surface area contributed by atoms with Crippen molar-refractivity contribution in [3.63, 3.8) is 0 Å². The van der Waals surface area contributed by atoms with Crippen LogP contribution in [0, 0.1) is 0 Å². The molecule has 0 N–H and O–H groups in total. The highest BCUT2D eigenvalue weighted by Gasteiger charge is 2.16. The van der Waals surface area contributed by atoms with Gasteiger partial charge in [0, 0.05) is 11.6 Å². The van der Waals surface area contributed by atoms with Gasteiger partial charge < -0.3 is 9.04 Å². The van der Waals surface area contributed by atoms with Crippen LogP contribution in [0.4, 0.5) is 0 Å². The fraction of sp³-hybridized carbons (Fsp3) is 1.00. The van der Waals surface area contributed by atoms with Gasteiger partial charge in [0.25, 0.3) is 0 Å². The smallest absolute Gasteiger partial charge is 0.0945 e. The summed E-state index contributed by atoms with van der Waals surface area (Å²) in [6, 6.07) is 0. The molecule has 0 aromatic rings. The predicted molar refractivity (Wildman–Crippen MR) is 76.9 cm³/mol. The second kappa shape index (κ2) is 11.0. The van der Waals surface area contributed by atoms with Gasteiger partial charge in [0.05, 0.1) is 36.3 Å². The van der Waals surface area contributed by atoms with Crippen molar-refractivity contribution in [3.8, 4) is 0 Å². The van der Waals surface area contributed by atoms with Gasteiger partial charge in [0.1, 0.15) is 0 Å². The molecular weight excluding hydrogens is 274 g/mol. The molecule has 0 rings (SSSR count). The summed E-state index contributed by atoms with van der Waals surface area (Å²) in [6.07, 6.45) is 0.957. The first kappa shape index (κ1) is 20.5. The predicted octanol–water partition coefficient (Wildman–Crippen LogP) is 2.43. The van der Waals surface area contributed by atoms with E-state index >= 15 is 0 Å². The van der Waals surface area contributed by atoms with Gasteiger partial charge in [0.15, 0.2) is 0 Å². The number of alkyl halides is 1. The van der Waals surface area contributed by atoms with Crippen LogP contribution in [-0.4, -0.2) is 55.3 Å². The van der Waals surface area contributed by atoms with Gasteiger partial charge >= 0.3 is 0 Å². The third-order valence-electron chi connectivity index (χ3n) is 3.46. The Bertz CT molecular complexity index is 260. The van der Waals surface area contributed by atoms with E-state index in [1.807, 2.05) is 0 Å². The van der Waals surface area contributed by atoms with Crippen LogP contribution in [0.2, 0.25) is 0 Å². The molecule has 0 fully saturated rings. The second-order valence-electron chi connectivity index (χ2n) is 4.26. The summed E-state index contributed by atoms with van der Waals surface area (Å²) in [5, 5.41) is 0. The van der Waals surface area contributed by atoms with Crippen molar-refractivity contribution in [1.29, 1.82) is 0 Å². The Morgan fingerprint density at radius 1 is 0.944 bits per heavy atom. The SMILES string of the molecule is CC[N+](CC)(CC)CC.O=S(=O)([O-])CCCCCl. The molecule has 0 unspecified atom stereocenters. The van der Waals surface area contributed by atoms with Crippen LogP contribution in [0.3, 0.4) is 0 Å². The van der Waals surface area contributed by atoms with Crippen LogP contribution in [0.15, 0.2) is 0 Å². The van der Waals surface area contributed by atoms with Gasteiger partial charge in [0.2, 0.25) is 0 Å². The number of rotatable bonds is 8. The van der Waals surface area contributed by atoms with Gasteiger partial charge in [-0.15, -0.1) is 11.6 Å². The monoisotopic (exact) mass is 301 g/mol. The summed E-state index contributed by atoms with van der Waals surface area (Å²) in [4.78, 5) is 0. The van der Waals surface area contributed by atoms with Gasteiger partial charge in [-0.2, -0.15) is 0 Å². The number of quaternary nitrogens is 1. The Morgan fingerprint density at radius 3 is 1.50 bits per heavy atom. The summed E-state index contributed by atoms with van der Waals surface area (Å²) in [7, 11) is -4.01. The normalized spacial score (nSPS) is 11.9. The molecule has 0 saturated heterocycles. The minimum Gasteiger partial charge on any atom is -0.748 e. The van der Waals surface area contributed by atoms with E-state index in [-0.39, 0.29) is 5.75 Å². The molecule has 18 heavy (non-hydrogen) atoms. The van der Waals surface area contributed by atoms with Crippen LogP contribution >= 0.6 is 11.6 Å². The standard InChI is InChI=1S/C8H20N.C4H9ClO3S/c1-5-9(6-2,7-3)8-4;5-3-1-2-4-9(6,7)8/h5-8H2,1-4H3;1-4H2,(H,6,7,8)/q+1;/p-1. The van der Waals surface area contributed by atoms with Crippen molar-refractivity contribution in [1.82, 2.24) is 0 Å². The van der Waals surface area contributed by atoms with Crippen molar-refractivity contribution < 1.29 is 17.5 Å². The zero-order chi connectivity index (χ0) is 14.7. The molecule has 0 saturated carbocycles. The topological polar surface area (TPSA) is 57.2 Å². The molecule has 0 aliphatic heterocycles. The molecular formula is C12H28ClNO3S. The Labute approximate surface area is 118 Å². The Morgan fingerprint density at radius 2 is 1.33 bits per heavy atom. The number of unbranched alkanes of at least 4 members (excludes halogenated alkanes) is 1. The quantitative estimate of drug-likeness (QED) is 0.299. The molecule has 0 aromatic carbocycles. The average Bonchev–Trinajstić information content (AvgIpc) is 2.32. The van der Waals surface area contributed by atoms with E-state index in [2.05, 4.69) is 27.7 Å². The number of hydrogen-bond donors (Lipinski definition) is 0. The van der Waals surface area contributed by atoms with E-state index in [9.17, 15) is 13.0 Å². The van der Waals surface area contributed by atoms with Crippen molar-refractivity contribution in [2.75, 3.05) is 37.8 Å². The Kier molecular flexibility index (Phi) is 12.5. The Balaban J connectivity index is 0. The van der Waals surface area contributed by atoms with E-state index in [1.54, 1.807) is 0 Å². The highest BCUT2D eigenvalue weighted by atomic mass is 35.5. The minimum absolute atomic E-state index is 0.292. The lowest BCUT2D eigenvalue weighted by molar-refractivity contribution is -0.921. The van der Waals surface area contributed by atoms with Gasteiger partial charge in [-0.05, 0) is 40.5 Å². The summed E-state index contributed by atoms with van der Waals surface area (Å²) in [6.45, 7) is 14.2. The fourth-order valence-electron chi connectivity index (χ4n) is 1.71. The lowest BCUT2D eigenvalue weighted by atomic mass is 10.3. The Hall–Kier alpha value is 0.160. The van der Waals surface area contributed by atoms with Crippen LogP contribution < -0.4 is 0 Å². The molecule has 112 valence electrons. The van der Waals surface area contributed by atoms with E-state index < -0.39 is 10.1 Å². The average molecular weight is 302 g/mol. The summed E-state index contributed by atoms with van der Waals surface area (Å²) in [5.74, 6) is 0.120. The number of halogens is 1. The third kappa shape index (κ3) is 11.3. The first-order chi connectivity index (χ1) is 8.30. The summed E-state index contributed by atoms with van der Waals surface area (Å²) >= 11 is 5.23. The maximum Gasteiger partial charge on any atom is 0.0945 e. The fourth-order valence-corrected chi connectivity index (χ4v) is 2.46. The summed E-state index contributed by atoms with van der Waals surface area (Å²) < 4.78 is 31.0. The van der Waals surface area contributed by atoms with Gasteiger partial charge in [-0.1, -0.05) is 0 Å². The van der Waals surface area contributed by atoms with E-state index in [0.717, 1.165) is 0 Å². The summed E-state index contributed by atoms with van der Waals surface area (Å²) in [5.41, 5.74) is 0. The van der Waals surface area contributed by atoms with Crippen molar-refractivity contribution >= 4 is 21.7 Å². The maximum absolute atomic E-state index is 9.91. The molecule has 0 atom stereocenters. The van der Waals surface area contributed by atoms with Crippen LogP contribution in [0.5, 0.6) is 0 Å². The zero-order valence-electron chi connectivity index (χ0n) is 12.1. The van der Waals surface area contributed by atoms with Gasteiger partial charge in [-0.3, -0.25) is 0 Å². The zero-order valence-corrected chi connectivity index (χ0v) is 13.7. The van der Waals surface area contributed by atoms with E-state index in [1.165, 1.54) is 30.7 Å². The highest BCUT2D eigenvalue weighted by Crippen LogP contribution is 2.03. The van der Waals surface area contributed by atoms with Crippen molar-refractivity contribution in [2.24, 2.45) is 0 Å². The van der Waals surface area contributed by atoms with E-state index in [0.29, 0.717) is 18.7 Å². The molecule has 0 heterocycles. The lowest BCUT2D eigenvalue weighted by Crippen LogP contribution is -2.47. The number of hydrogen-bond acceptors (Lipinski definition) is 3. The number of nitrogens with zero attached hydrogens (tertiary/aromatic N) is 1. The maximum atomic E-state index is 9.91. The van der Waals surface area contributed by atoms with Crippen molar-refractivity contribution in [2.45, 2.75) is 40.5 Å². The molecule has 0 aliphatic carbocycles. The molecule has 0 aliphatic rings. The lowest BCUT2D eigenvalue weighted by Gasteiger charge is -2.34. The largest absolute Gasteiger partial charge is 0.748 e. The first-order valence-corrected chi connectivity index (χ1v) is 8.76. The highest BCUT2D eigenvalue weighted by molar-refractivity contribution is 7.85. The van der Waals surface area contributed by atoms with Crippen molar-refractivity contribution in [3.05, 3.63) is 0 Å². The third-order valence-corrected chi connectivity index (χ3v) is 4.52. The van der Waals surface area contributed by atoms with E-state index in [4.69, 9.17) is 11.6 Å². The van der Waals surface area contributed by atoms with Crippen LogP contribution in [-0.2, 0) is 10.1 Å². The van der Waals surface area contributed by atoms with Crippen LogP contribution in [0.1, 0.15) is 40.5 Å².